The smallest absolute Gasteiger partial charge is 0.260 e. The number of fused-ring (bicyclic) bond motifs is 1. The number of benzene rings is 2. The summed E-state index contributed by atoms with van der Waals surface area (Å²) in [5.74, 6) is -0.277. The van der Waals surface area contributed by atoms with Crippen molar-refractivity contribution in [2.24, 2.45) is 0 Å². The molecule has 2 aromatic heterocycles. The summed E-state index contributed by atoms with van der Waals surface area (Å²) < 4.78 is 1.64. The van der Waals surface area contributed by atoms with Crippen molar-refractivity contribution in [3.05, 3.63) is 106 Å². The predicted octanol–water partition coefficient (Wildman–Crippen LogP) is 4.31. The summed E-state index contributed by atoms with van der Waals surface area (Å²) in [6.07, 6.45) is 1.75. The zero-order valence-electron chi connectivity index (χ0n) is 16.3. The first-order valence-electron chi connectivity index (χ1n) is 9.44. The van der Waals surface area contributed by atoms with E-state index >= 15 is 0 Å². The maximum absolute atomic E-state index is 13.0. The minimum Gasteiger partial charge on any atom is -0.322 e. The van der Waals surface area contributed by atoms with Gasteiger partial charge in [-0.3, -0.25) is 14.6 Å². The van der Waals surface area contributed by atoms with Crippen molar-refractivity contribution in [1.29, 1.82) is 0 Å². The number of rotatable bonds is 4. The summed E-state index contributed by atoms with van der Waals surface area (Å²) in [5, 5.41) is 3.32. The molecule has 0 bridgehead atoms. The third-order valence-corrected chi connectivity index (χ3v) is 4.86. The molecule has 0 saturated carbocycles. The Balaban J connectivity index is 1.71. The molecule has 0 aliphatic rings. The van der Waals surface area contributed by atoms with Crippen LogP contribution in [0.25, 0.3) is 10.9 Å². The molecule has 29 heavy (non-hydrogen) atoms. The first kappa shape index (κ1) is 18.6. The lowest BCUT2D eigenvalue weighted by molar-refractivity contribution is 0.102. The average Bonchev–Trinajstić information content (AvgIpc) is 2.70. The van der Waals surface area contributed by atoms with Gasteiger partial charge in [0.15, 0.2) is 0 Å². The van der Waals surface area contributed by atoms with Crippen LogP contribution >= 0.6 is 0 Å². The van der Waals surface area contributed by atoms with Gasteiger partial charge in [0.05, 0.1) is 28.7 Å². The molecule has 4 aromatic rings. The van der Waals surface area contributed by atoms with Crippen molar-refractivity contribution in [2.45, 2.75) is 20.4 Å². The quantitative estimate of drug-likeness (QED) is 0.571. The minimum atomic E-state index is -0.277. The highest BCUT2D eigenvalue weighted by molar-refractivity contribution is 6.06. The first-order valence-corrected chi connectivity index (χ1v) is 9.44. The lowest BCUT2D eigenvalue weighted by Gasteiger charge is -2.11. The van der Waals surface area contributed by atoms with E-state index in [9.17, 15) is 9.59 Å². The van der Waals surface area contributed by atoms with Crippen LogP contribution < -0.4 is 10.9 Å². The Morgan fingerprint density at radius 2 is 1.79 bits per heavy atom. The number of aromatic nitrogens is 2. The highest BCUT2D eigenvalue weighted by Gasteiger charge is 2.14. The number of hydrogen-bond donors (Lipinski definition) is 1. The van der Waals surface area contributed by atoms with Gasteiger partial charge >= 0.3 is 0 Å². The fourth-order valence-corrected chi connectivity index (χ4v) is 3.36. The van der Waals surface area contributed by atoms with Crippen LogP contribution in [0.15, 0.2) is 77.7 Å². The molecule has 2 heterocycles. The van der Waals surface area contributed by atoms with E-state index in [0.29, 0.717) is 34.4 Å². The van der Waals surface area contributed by atoms with Crippen LogP contribution in [-0.2, 0) is 6.54 Å². The third-order valence-electron chi connectivity index (χ3n) is 4.86. The number of aryl methyl sites for hydroxylation is 2. The van der Waals surface area contributed by atoms with E-state index in [2.05, 4.69) is 10.3 Å². The second-order valence-electron chi connectivity index (χ2n) is 7.11. The molecule has 5 nitrogen and oxygen atoms in total. The van der Waals surface area contributed by atoms with Gasteiger partial charge in [0.2, 0.25) is 0 Å². The van der Waals surface area contributed by atoms with Crippen molar-refractivity contribution in [2.75, 3.05) is 5.32 Å². The second kappa shape index (κ2) is 7.72. The van der Waals surface area contributed by atoms with Crippen LogP contribution in [0.3, 0.4) is 0 Å². The summed E-state index contributed by atoms with van der Waals surface area (Å²) in [4.78, 5) is 30.3. The zero-order chi connectivity index (χ0) is 20.4. The summed E-state index contributed by atoms with van der Waals surface area (Å²) in [6, 6.07) is 20.8. The van der Waals surface area contributed by atoms with Crippen LogP contribution in [-0.4, -0.2) is 15.5 Å². The van der Waals surface area contributed by atoms with E-state index in [-0.39, 0.29) is 11.5 Å². The first-order chi connectivity index (χ1) is 14.0. The van der Waals surface area contributed by atoms with Gasteiger partial charge in [-0.1, -0.05) is 42.5 Å². The minimum absolute atomic E-state index is 0.163. The number of amides is 1. The topological polar surface area (TPSA) is 64.0 Å². The highest BCUT2D eigenvalue weighted by Crippen LogP contribution is 2.17. The van der Waals surface area contributed by atoms with E-state index in [1.165, 1.54) is 0 Å². The van der Waals surface area contributed by atoms with E-state index in [1.54, 1.807) is 23.8 Å². The zero-order valence-corrected chi connectivity index (χ0v) is 16.3. The predicted molar refractivity (Wildman–Crippen MR) is 115 cm³/mol. The van der Waals surface area contributed by atoms with Crippen LogP contribution in [0.2, 0.25) is 0 Å². The summed E-state index contributed by atoms with van der Waals surface area (Å²) >= 11 is 0. The van der Waals surface area contributed by atoms with Crippen molar-refractivity contribution in [1.82, 2.24) is 9.55 Å². The molecular weight excluding hydrogens is 362 g/mol. The monoisotopic (exact) mass is 383 g/mol. The Labute approximate surface area is 168 Å². The van der Waals surface area contributed by atoms with Crippen LogP contribution in [0, 0.1) is 13.8 Å². The SMILES string of the molecule is Cc1cccc(NC(=O)c2cc3c(=O)n(Cc4ccccc4)ccc3nc2C)c1. The molecule has 0 aliphatic carbocycles. The van der Waals surface area contributed by atoms with E-state index < -0.39 is 0 Å². The molecule has 0 spiro atoms. The van der Waals surface area contributed by atoms with Gasteiger partial charge in [-0.15, -0.1) is 0 Å². The van der Waals surface area contributed by atoms with E-state index in [0.717, 1.165) is 11.1 Å². The Hall–Kier alpha value is -3.73. The average molecular weight is 383 g/mol. The number of carbonyl (C=O) groups excluding carboxylic acids is 1. The van der Waals surface area contributed by atoms with Gasteiger partial charge in [0, 0.05) is 11.9 Å². The number of nitrogens with one attached hydrogen (secondary N) is 1. The molecule has 0 radical (unpaired) electrons. The van der Waals surface area contributed by atoms with Crippen molar-refractivity contribution in [3.8, 4) is 0 Å². The molecule has 0 saturated heterocycles. The summed E-state index contributed by atoms with van der Waals surface area (Å²) in [7, 11) is 0. The van der Waals surface area contributed by atoms with Gasteiger partial charge in [0.1, 0.15) is 0 Å². The number of anilines is 1. The third kappa shape index (κ3) is 3.94. The van der Waals surface area contributed by atoms with Crippen molar-refractivity contribution >= 4 is 22.5 Å². The second-order valence-corrected chi connectivity index (χ2v) is 7.11. The molecule has 0 atom stereocenters. The molecule has 0 aliphatic heterocycles. The van der Waals surface area contributed by atoms with E-state index in [1.807, 2.05) is 67.6 Å². The van der Waals surface area contributed by atoms with Crippen molar-refractivity contribution in [3.63, 3.8) is 0 Å². The van der Waals surface area contributed by atoms with Gasteiger partial charge in [-0.25, -0.2) is 0 Å². The Kier molecular flexibility index (Phi) is 4.96. The van der Waals surface area contributed by atoms with Crippen LogP contribution in [0.1, 0.15) is 27.2 Å². The molecule has 1 N–H and O–H groups in total. The van der Waals surface area contributed by atoms with Crippen molar-refractivity contribution < 1.29 is 4.79 Å². The maximum Gasteiger partial charge on any atom is 0.260 e. The van der Waals surface area contributed by atoms with Gasteiger partial charge < -0.3 is 9.88 Å². The van der Waals surface area contributed by atoms with E-state index in [4.69, 9.17) is 0 Å². The lowest BCUT2D eigenvalue weighted by atomic mass is 10.1. The number of pyridine rings is 2. The molecule has 2 aromatic carbocycles. The number of carbonyl (C=O) groups is 1. The lowest BCUT2D eigenvalue weighted by Crippen LogP contribution is -2.22. The largest absolute Gasteiger partial charge is 0.322 e. The fourth-order valence-electron chi connectivity index (χ4n) is 3.36. The number of nitrogens with zero attached hydrogens (tertiary/aromatic N) is 2. The van der Waals surface area contributed by atoms with Gasteiger partial charge in [0.25, 0.3) is 11.5 Å². The van der Waals surface area contributed by atoms with Crippen LogP contribution in [0.5, 0.6) is 0 Å². The summed E-state index contributed by atoms with van der Waals surface area (Å²) in [5.41, 5.74) is 4.21. The molecular formula is C24H21N3O2. The molecule has 0 fully saturated rings. The van der Waals surface area contributed by atoms with Gasteiger partial charge in [-0.05, 0) is 49.2 Å². The van der Waals surface area contributed by atoms with Crippen LogP contribution in [0.4, 0.5) is 5.69 Å². The maximum atomic E-state index is 13.0. The highest BCUT2D eigenvalue weighted by atomic mass is 16.1. The standard InChI is InChI=1S/C24H21N3O2/c1-16-7-6-10-19(13-16)26-23(28)20-14-21-22(25-17(20)2)11-12-27(24(21)29)15-18-8-4-3-5-9-18/h3-14H,15H2,1-2H3,(H,26,28). The Morgan fingerprint density at radius 3 is 2.55 bits per heavy atom. The normalized spacial score (nSPS) is 10.8. The molecule has 4 rings (SSSR count). The Bertz CT molecular complexity index is 1260. The molecule has 0 unspecified atom stereocenters. The Morgan fingerprint density at radius 1 is 1.00 bits per heavy atom. The molecule has 1 amide bonds. The number of hydrogen-bond acceptors (Lipinski definition) is 3. The fraction of sp³-hybridized carbons (Fsp3) is 0.125. The molecule has 5 heteroatoms. The molecule has 144 valence electrons. The summed E-state index contributed by atoms with van der Waals surface area (Å²) in [6.45, 7) is 4.21. The van der Waals surface area contributed by atoms with Gasteiger partial charge in [-0.2, -0.15) is 0 Å².